The van der Waals surface area contributed by atoms with E-state index in [0.29, 0.717) is 11.3 Å². The third kappa shape index (κ3) is 4.66. The highest BCUT2D eigenvalue weighted by Crippen LogP contribution is 2.31. The van der Waals surface area contributed by atoms with Crippen LogP contribution in [-0.4, -0.2) is 35.2 Å². The van der Waals surface area contributed by atoms with Crippen molar-refractivity contribution in [3.8, 4) is 0 Å². The van der Waals surface area contributed by atoms with E-state index in [-0.39, 0.29) is 17.8 Å². The SMILES string of the molecule is C[C@]1(c2ccc3ccccc3c2)NC(=O)N(CC(=O)Nc2ccccc2C(=O)NCc2ccco2)C1=O. The van der Waals surface area contributed by atoms with E-state index >= 15 is 0 Å². The Hall–Kier alpha value is -4.92. The number of amides is 5. The lowest BCUT2D eigenvalue weighted by atomic mass is 9.90. The van der Waals surface area contributed by atoms with Crippen LogP contribution in [-0.2, 0) is 21.7 Å². The minimum absolute atomic E-state index is 0.184. The van der Waals surface area contributed by atoms with Crippen LogP contribution in [0.1, 0.15) is 28.6 Å². The molecule has 1 fully saturated rings. The van der Waals surface area contributed by atoms with E-state index in [1.165, 1.54) is 6.26 Å². The second-order valence-corrected chi connectivity index (χ2v) is 8.86. The maximum Gasteiger partial charge on any atom is 0.325 e. The molecule has 37 heavy (non-hydrogen) atoms. The number of hydrogen-bond acceptors (Lipinski definition) is 5. The first-order valence-corrected chi connectivity index (χ1v) is 11.7. The number of fused-ring (bicyclic) bond motifs is 1. The summed E-state index contributed by atoms with van der Waals surface area (Å²) < 4.78 is 5.22. The summed E-state index contributed by atoms with van der Waals surface area (Å²) in [6, 6.07) is 22.5. The first-order valence-electron chi connectivity index (χ1n) is 11.7. The first kappa shape index (κ1) is 23.8. The zero-order valence-electron chi connectivity index (χ0n) is 20.0. The minimum Gasteiger partial charge on any atom is -0.467 e. The lowest BCUT2D eigenvalue weighted by molar-refractivity contribution is -0.133. The van der Waals surface area contributed by atoms with Crippen molar-refractivity contribution in [2.45, 2.75) is 19.0 Å². The van der Waals surface area contributed by atoms with Gasteiger partial charge in [-0.2, -0.15) is 0 Å². The fourth-order valence-electron chi connectivity index (χ4n) is 4.34. The van der Waals surface area contributed by atoms with Crippen LogP contribution in [0.2, 0.25) is 0 Å². The highest BCUT2D eigenvalue weighted by Gasteiger charge is 2.49. The van der Waals surface area contributed by atoms with Gasteiger partial charge >= 0.3 is 6.03 Å². The number of anilines is 1. The van der Waals surface area contributed by atoms with Crippen LogP contribution < -0.4 is 16.0 Å². The highest BCUT2D eigenvalue weighted by molar-refractivity contribution is 6.11. The number of para-hydroxylation sites is 1. The van der Waals surface area contributed by atoms with Crippen molar-refractivity contribution in [3.05, 3.63) is 102 Å². The Morgan fingerprint density at radius 1 is 0.946 bits per heavy atom. The molecule has 1 atom stereocenters. The van der Waals surface area contributed by atoms with Crippen molar-refractivity contribution >= 4 is 40.2 Å². The quantitative estimate of drug-likeness (QED) is 0.337. The monoisotopic (exact) mass is 496 g/mol. The number of carbonyl (C=O) groups is 4. The van der Waals surface area contributed by atoms with E-state index in [2.05, 4.69) is 16.0 Å². The molecule has 0 saturated carbocycles. The summed E-state index contributed by atoms with van der Waals surface area (Å²) >= 11 is 0. The van der Waals surface area contributed by atoms with Crippen molar-refractivity contribution < 1.29 is 23.6 Å². The summed E-state index contributed by atoms with van der Waals surface area (Å²) in [7, 11) is 0. The summed E-state index contributed by atoms with van der Waals surface area (Å²) in [4.78, 5) is 52.5. The van der Waals surface area contributed by atoms with Crippen molar-refractivity contribution in [1.82, 2.24) is 15.5 Å². The topological polar surface area (TPSA) is 121 Å². The van der Waals surface area contributed by atoms with Crippen LogP contribution in [0.4, 0.5) is 10.5 Å². The number of furan rings is 1. The molecule has 0 unspecified atom stereocenters. The molecular formula is C28H24N4O5. The van der Waals surface area contributed by atoms with Gasteiger partial charge in [0, 0.05) is 0 Å². The van der Waals surface area contributed by atoms with Crippen LogP contribution in [0.15, 0.2) is 89.5 Å². The number of imide groups is 1. The molecule has 1 aliphatic rings. The van der Waals surface area contributed by atoms with Gasteiger partial charge in [0.05, 0.1) is 24.1 Å². The van der Waals surface area contributed by atoms with Crippen LogP contribution in [0.5, 0.6) is 0 Å². The standard InChI is InChI=1S/C28H24N4O5/c1-28(20-13-12-18-7-2-3-8-19(18)15-20)26(35)32(27(36)31-28)17-24(33)30-23-11-5-4-10-22(23)25(34)29-16-21-9-6-14-37-21/h2-15H,16-17H2,1H3,(H,29,34)(H,30,33)(H,31,36)/t28-/m1/s1. The molecule has 0 bridgehead atoms. The number of urea groups is 1. The molecular weight excluding hydrogens is 472 g/mol. The molecule has 9 heteroatoms. The van der Waals surface area contributed by atoms with Crippen molar-refractivity contribution in [1.29, 1.82) is 0 Å². The van der Waals surface area contributed by atoms with Crippen molar-refractivity contribution in [2.24, 2.45) is 0 Å². The third-order valence-corrected chi connectivity index (χ3v) is 6.35. The maximum atomic E-state index is 13.3. The Bertz CT molecular complexity index is 1510. The van der Waals surface area contributed by atoms with Crippen LogP contribution in [0.3, 0.4) is 0 Å². The predicted molar refractivity (Wildman–Crippen MR) is 136 cm³/mol. The zero-order chi connectivity index (χ0) is 26.0. The van der Waals surface area contributed by atoms with Gasteiger partial charge in [-0.1, -0.05) is 48.5 Å². The normalized spacial score (nSPS) is 17.1. The van der Waals surface area contributed by atoms with E-state index in [9.17, 15) is 19.2 Å². The Morgan fingerprint density at radius 3 is 2.49 bits per heavy atom. The van der Waals surface area contributed by atoms with Crippen LogP contribution >= 0.6 is 0 Å². The average Bonchev–Trinajstić information content (AvgIpc) is 3.50. The molecule has 3 aromatic carbocycles. The van der Waals surface area contributed by atoms with Crippen LogP contribution in [0, 0.1) is 0 Å². The molecule has 1 saturated heterocycles. The Kier molecular flexibility index (Phi) is 6.19. The number of nitrogens with zero attached hydrogens (tertiary/aromatic N) is 1. The summed E-state index contributed by atoms with van der Waals surface area (Å²) in [6.07, 6.45) is 1.51. The molecule has 2 heterocycles. The molecule has 5 amide bonds. The largest absolute Gasteiger partial charge is 0.467 e. The lowest BCUT2D eigenvalue weighted by Crippen LogP contribution is -2.42. The zero-order valence-corrected chi connectivity index (χ0v) is 20.0. The first-order chi connectivity index (χ1) is 17.8. The fraction of sp³-hybridized carbons (Fsp3) is 0.143. The van der Waals surface area contributed by atoms with Crippen molar-refractivity contribution in [2.75, 3.05) is 11.9 Å². The van der Waals surface area contributed by atoms with Crippen molar-refractivity contribution in [3.63, 3.8) is 0 Å². The lowest BCUT2D eigenvalue weighted by Gasteiger charge is -2.22. The summed E-state index contributed by atoms with van der Waals surface area (Å²) in [6.45, 7) is 1.30. The molecule has 0 aliphatic carbocycles. The fourth-order valence-corrected chi connectivity index (χ4v) is 4.34. The molecule has 9 nitrogen and oxygen atoms in total. The summed E-state index contributed by atoms with van der Waals surface area (Å²) in [5, 5.41) is 10.0. The van der Waals surface area contributed by atoms with Crippen LogP contribution in [0.25, 0.3) is 10.8 Å². The van der Waals surface area contributed by atoms with Gasteiger partial charge in [0.15, 0.2) is 0 Å². The van der Waals surface area contributed by atoms with Gasteiger partial charge in [0.1, 0.15) is 17.8 Å². The van der Waals surface area contributed by atoms with Gasteiger partial charge < -0.3 is 20.4 Å². The molecule has 0 radical (unpaired) electrons. The molecule has 4 aromatic rings. The van der Waals surface area contributed by atoms with E-state index in [1.54, 1.807) is 49.4 Å². The van der Waals surface area contributed by atoms with Gasteiger partial charge in [0.2, 0.25) is 5.91 Å². The van der Waals surface area contributed by atoms with Gasteiger partial charge in [-0.05, 0) is 53.6 Å². The van der Waals surface area contributed by atoms with E-state index in [4.69, 9.17) is 4.42 Å². The summed E-state index contributed by atoms with van der Waals surface area (Å²) in [5.74, 6) is -0.973. The predicted octanol–water partition coefficient (Wildman–Crippen LogP) is 3.77. The van der Waals surface area contributed by atoms with E-state index in [1.807, 2.05) is 36.4 Å². The number of benzene rings is 3. The van der Waals surface area contributed by atoms with Gasteiger partial charge in [-0.25, -0.2) is 4.79 Å². The third-order valence-electron chi connectivity index (χ3n) is 6.35. The van der Waals surface area contributed by atoms with Gasteiger partial charge in [0.25, 0.3) is 11.8 Å². The molecule has 5 rings (SSSR count). The van der Waals surface area contributed by atoms with Gasteiger partial charge in [-0.15, -0.1) is 0 Å². The van der Waals surface area contributed by atoms with E-state index < -0.39 is 35.8 Å². The molecule has 186 valence electrons. The second kappa shape index (κ2) is 9.62. The Balaban J connectivity index is 1.29. The highest BCUT2D eigenvalue weighted by atomic mass is 16.3. The molecule has 0 spiro atoms. The average molecular weight is 497 g/mol. The smallest absolute Gasteiger partial charge is 0.325 e. The number of rotatable bonds is 7. The molecule has 1 aliphatic heterocycles. The van der Waals surface area contributed by atoms with E-state index in [0.717, 1.165) is 15.7 Å². The number of hydrogen-bond donors (Lipinski definition) is 3. The Labute approximate surface area is 212 Å². The second-order valence-electron chi connectivity index (χ2n) is 8.86. The maximum absolute atomic E-state index is 13.3. The molecule has 1 aromatic heterocycles. The molecule has 3 N–H and O–H groups in total. The minimum atomic E-state index is -1.31. The van der Waals surface area contributed by atoms with Gasteiger partial charge in [-0.3, -0.25) is 19.3 Å². The number of nitrogens with one attached hydrogen (secondary N) is 3. The Morgan fingerprint density at radius 2 is 1.70 bits per heavy atom. The number of carbonyl (C=O) groups excluding carboxylic acids is 4. The summed E-state index contributed by atoms with van der Waals surface area (Å²) in [5.41, 5.74) is -0.203.